The van der Waals surface area contributed by atoms with Gasteiger partial charge in [-0.15, -0.1) is 0 Å². The minimum atomic E-state index is -0.125. The molecule has 0 unspecified atom stereocenters. The monoisotopic (exact) mass is 386 g/mol. The summed E-state index contributed by atoms with van der Waals surface area (Å²) in [5.74, 6) is 0.913. The number of carbonyl (C=O) groups excluding carboxylic acids is 2. The Kier molecular flexibility index (Phi) is 10.3. The van der Waals surface area contributed by atoms with Gasteiger partial charge in [-0.05, 0) is 49.1 Å². The van der Waals surface area contributed by atoms with Crippen LogP contribution in [0.15, 0.2) is 24.3 Å². The third-order valence-electron chi connectivity index (χ3n) is 6.20. The lowest BCUT2D eigenvalue weighted by molar-refractivity contribution is -0.140. The predicted molar refractivity (Wildman–Crippen MR) is 114 cm³/mol. The van der Waals surface area contributed by atoms with Gasteiger partial charge in [0, 0.05) is 18.8 Å². The first-order valence-electron chi connectivity index (χ1n) is 11.3. The van der Waals surface area contributed by atoms with Gasteiger partial charge in [0.1, 0.15) is 5.78 Å². The molecule has 3 nitrogen and oxygen atoms in total. The van der Waals surface area contributed by atoms with Crippen molar-refractivity contribution in [1.82, 2.24) is 0 Å². The number of esters is 1. The van der Waals surface area contributed by atoms with E-state index in [9.17, 15) is 9.59 Å². The highest BCUT2D eigenvalue weighted by Gasteiger charge is 2.34. The van der Waals surface area contributed by atoms with Gasteiger partial charge in [0.2, 0.25) is 0 Å². The van der Waals surface area contributed by atoms with Crippen molar-refractivity contribution in [2.24, 2.45) is 5.92 Å². The molecule has 28 heavy (non-hydrogen) atoms. The van der Waals surface area contributed by atoms with Gasteiger partial charge in [-0.3, -0.25) is 9.59 Å². The van der Waals surface area contributed by atoms with Crippen LogP contribution in [-0.2, 0) is 20.7 Å². The number of Topliss-reactive ketones (excluding diaryl/α,β-unsaturated/α-hetero) is 1. The van der Waals surface area contributed by atoms with E-state index in [-0.39, 0.29) is 11.9 Å². The minimum absolute atomic E-state index is 0.125. The van der Waals surface area contributed by atoms with Crippen LogP contribution in [0.3, 0.4) is 0 Å². The van der Waals surface area contributed by atoms with Gasteiger partial charge in [0.25, 0.3) is 0 Å². The molecular formula is C25H38O3. The number of hydrogen-bond acceptors (Lipinski definition) is 3. The molecular weight excluding hydrogens is 348 g/mol. The largest absolute Gasteiger partial charge is 0.469 e. The Hall–Kier alpha value is -1.64. The van der Waals surface area contributed by atoms with E-state index < -0.39 is 0 Å². The molecule has 0 aromatic heterocycles. The summed E-state index contributed by atoms with van der Waals surface area (Å²) >= 11 is 0. The van der Waals surface area contributed by atoms with E-state index in [0.29, 0.717) is 18.1 Å². The fourth-order valence-electron chi connectivity index (χ4n) is 4.45. The zero-order valence-electron chi connectivity index (χ0n) is 17.9. The molecule has 1 aliphatic rings. The maximum absolute atomic E-state index is 12.4. The number of carbonyl (C=O) groups is 2. The average molecular weight is 387 g/mol. The van der Waals surface area contributed by atoms with Crippen LogP contribution in [-0.4, -0.2) is 18.9 Å². The summed E-state index contributed by atoms with van der Waals surface area (Å²) in [6, 6.07) is 9.07. The number of methoxy groups -OCH3 is 1. The van der Waals surface area contributed by atoms with Crippen molar-refractivity contribution in [3.8, 4) is 0 Å². The maximum Gasteiger partial charge on any atom is 0.305 e. The standard InChI is InChI=1S/C25H38O3/c1-3-4-5-8-11-20-14-16-21(17-15-20)22-18-19-24(26)23(22)12-9-6-7-10-13-25(27)28-2/h14-17,22-23H,3-13,18-19H2,1-2H3/t22-,23+/m0/s1. The van der Waals surface area contributed by atoms with Gasteiger partial charge < -0.3 is 4.74 Å². The van der Waals surface area contributed by atoms with Crippen LogP contribution < -0.4 is 0 Å². The van der Waals surface area contributed by atoms with Crippen molar-refractivity contribution in [3.05, 3.63) is 35.4 Å². The summed E-state index contributed by atoms with van der Waals surface area (Å²) in [4.78, 5) is 23.6. The number of ketones is 1. The molecule has 0 bridgehead atoms. The first kappa shape index (κ1) is 22.6. The average Bonchev–Trinajstić information content (AvgIpc) is 3.08. The first-order chi connectivity index (χ1) is 13.7. The van der Waals surface area contributed by atoms with Gasteiger partial charge in [0.05, 0.1) is 7.11 Å². The highest BCUT2D eigenvalue weighted by Crippen LogP contribution is 2.40. The number of ether oxygens (including phenoxy) is 1. The molecule has 0 heterocycles. The molecule has 1 fully saturated rings. The second-order valence-electron chi connectivity index (χ2n) is 8.30. The van der Waals surface area contributed by atoms with Crippen LogP contribution in [0.4, 0.5) is 0 Å². The molecule has 0 amide bonds. The molecule has 0 aliphatic heterocycles. The van der Waals surface area contributed by atoms with Crippen LogP contribution >= 0.6 is 0 Å². The Morgan fingerprint density at radius 1 is 1.00 bits per heavy atom. The number of aryl methyl sites for hydroxylation is 1. The van der Waals surface area contributed by atoms with Crippen LogP contribution in [0.5, 0.6) is 0 Å². The number of benzene rings is 1. The normalized spacial score (nSPS) is 19.1. The topological polar surface area (TPSA) is 43.4 Å². The van der Waals surface area contributed by atoms with Gasteiger partial charge in [0.15, 0.2) is 0 Å². The third-order valence-corrected chi connectivity index (χ3v) is 6.20. The van der Waals surface area contributed by atoms with Crippen molar-refractivity contribution >= 4 is 11.8 Å². The summed E-state index contributed by atoms with van der Waals surface area (Å²) < 4.78 is 4.67. The Morgan fingerprint density at radius 3 is 2.43 bits per heavy atom. The van der Waals surface area contributed by atoms with Crippen LogP contribution in [0.25, 0.3) is 0 Å². The fraction of sp³-hybridized carbons (Fsp3) is 0.680. The summed E-state index contributed by atoms with van der Waals surface area (Å²) in [6.07, 6.45) is 13.7. The lowest BCUT2D eigenvalue weighted by Gasteiger charge is -2.19. The van der Waals surface area contributed by atoms with E-state index in [0.717, 1.165) is 44.9 Å². The first-order valence-corrected chi connectivity index (χ1v) is 11.3. The number of rotatable bonds is 13. The van der Waals surface area contributed by atoms with Gasteiger partial charge in [-0.25, -0.2) is 0 Å². The Balaban J connectivity index is 1.77. The van der Waals surface area contributed by atoms with Crippen molar-refractivity contribution in [2.75, 3.05) is 7.11 Å². The molecule has 0 radical (unpaired) electrons. The summed E-state index contributed by atoms with van der Waals surface area (Å²) in [5, 5.41) is 0. The highest BCUT2D eigenvalue weighted by atomic mass is 16.5. The molecule has 156 valence electrons. The van der Waals surface area contributed by atoms with Gasteiger partial charge in [-0.1, -0.05) is 69.7 Å². The van der Waals surface area contributed by atoms with Crippen molar-refractivity contribution in [3.63, 3.8) is 0 Å². The Labute approximate surface area is 171 Å². The van der Waals surface area contributed by atoms with E-state index >= 15 is 0 Å². The minimum Gasteiger partial charge on any atom is -0.469 e. The fourth-order valence-corrected chi connectivity index (χ4v) is 4.45. The molecule has 1 saturated carbocycles. The van der Waals surface area contributed by atoms with Crippen LogP contribution in [0.2, 0.25) is 0 Å². The third kappa shape index (κ3) is 7.41. The molecule has 1 aromatic carbocycles. The van der Waals surface area contributed by atoms with Crippen molar-refractivity contribution < 1.29 is 14.3 Å². The van der Waals surface area contributed by atoms with Crippen LogP contribution in [0, 0.1) is 5.92 Å². The molecule has 2 rings (SSSR count). The van der Waals surface area contributed by atoms with Crippen LogP contribution in [0.1, 0.15) is 101 Å². The summed E-state index contributed by atoms with van der Waals surface area (Å²) in [5.41, 5.74) is 2.77. The van der Waals surface area contributed by atoms with E-state index in [1.165, 1.54) is 50.3 Å². The van der Waals surface area contributed by atoms with Gasteiger partial charge >= 0.3 is 5.97 Å². The molecule has 0 spiro atoms. The van der Waals surface area contributed by atoms with Gasteiger partial charge in [-0.2, -0.15) is 0 Å². The number of hydrogen-bond donors (Lipinski definition) is 0. The molecule has 2 atom stereocenters. The van der Waals surface area contributed by atoms with E-state index in [2.05, 4.69) is 35.9 Å². The molecule has 3 heteroatoms. The predicted octanol–water partition coefficient (Wildman–Crippen LogP) is 6.39. The number of unbranched alkanes of at least 4 members (excludes halogenated alkanes) is 6. The lowest BCUT2D eigenvalue weighted by atomic mass is 9.84. The Bertz CT molecular complexity index is 590. The van der Waals surface area contributed by atoms with Crippen molar-refractivity contribution in [2.45, 2.75) is 96.3 Å². The van der Waals surface area contributed by atoms with E-state index in [1.807, 2.05) is 0 Å². The second kappa shape index (κ2) is 12.7. The summed E-state index contributed by atoms with van der Waals surface area (Å²) in [6.45, 7) is 2.25. The van der Waals surface area contributed by atoms with E-state index in [4.69, 9.17) is 0 Å². The zero-order chi connectivity index (χ0) is 20.2. The van der Waals surface area contributed by atoms with Crippen molar-refractivity contribution in [1.29, 1.82) is 0 Å². The zero-order valence-corrected chi connectivity index (χ0v) is 17.9. The molecule has 0 N–H and O–H groups in total. The maximum atomic E-state index is 12.4. The molecule has 0 saturated heterocycles. The lowest BCUT2D eigenvalue weighted by Crippen LogP contribution is -2.13. The van der Waals surface area contributed by atoms with E-state index in [1.54, 1.807) is 0 Å². The second-order valence-corrected chi connectivity index (χ2v) is 8.30. The molecule has 1 aromatic rings. The SMILES string of the molecule is CCCCCCc1ccc([C@@H]2CCC(=O)[C@@H]2CCCCCCC(=O)OC)cc1. The Morgan fingerprint density at radius 2 is 1.71 bits per heavy atom. The molecule has 1 aliphatic carbocycles. The quantitative estimate of drug-likeness (QED) is 0.291. The smallest absolute Gasteiger partial charge is 0.305 e. The summed E-state index contributed by atoms with van der Waals surface area (Å²) in [7, 11) is 1.44. The highest BCUT2D eigenvalue weighted by molar-refractivity contribution is 5.84.